The largest absolute Gasteiger partial charge is 0.495 e. The number of fused-ring (bicyclic) bond motifs is 3. The minimum Gasteiger partial charge on any atom is -0.495 e. The SMILES string of the molecule is CCn1c2ccccc2c2cc(NS(=O)(=O)c3ccc(OC)c(NC(=O)c4ccc(Cl)cc4)c3)ccc21. The van der Waals surface area contributed by atoms with Crippen molar-refractivity contribution < 1.29 is 17.9 Å². The number of amides is 1. The first kappa shape index (κ1) is 24.7. The van der Waals surface area contributed by atoms with Crippen molar-refractivity contribution in [3.63, 3.8) is 0 Å². The van der Waals surface area contributed by atoms with E-state index in [0.29, 0.717) is 22.0 Å². The molecule has 2 N–H and O–H groups in total. The maximum absolute atomic E-state index is 13.3. The van der Waals surface area contributed by atoms with E-state index in [-0.39, 0.29) is 10.6 Å². The van der Waals surface area contributed by atoms with Crippen molar-refractivity contribution in [2.24, 2.45) is 0 Å². The highest BCUT2D eigenvalue weighted by Crippen LogP contribution is 2.33. The van der Waals surface area contributed by atoms with Gasteiger partial charge in [-0.3, -0.25) is 9.52 Å². The van der Waals surface area contributed by atoms with Crippen molar-refractivity contribution in [1.82, 2.24) is 4.57 Å². The Kier molecular flexibility index (Phi) is 6.54. The highest BCUT2D eigenvalue weighted by atomic mass is 35.5. The van der Waals surface area contributed by atoms with E-state index in [9.17, 15) is 13.2 Å². The van der Waals surface area contributed by atoms with E-state index in [2.05, 4.69) is 27.6 Å². The molecular formula is C28H24ClN3O4S. The minimum absolute atomic E-state index is 0.0178. The zero-order valence-electron chi connectivity index (χ0n) is 20.2. The van der Waals surface area contributed by atoms with Crippen LogP contribution in [-0.4, -0.2) is 26.0 Å². The molecule has 7 nitrogen and oxygen atoms in total. The molecule has 5 rings (SSSR count). The van der Waals surface area contributed by atoms with Gasteiger partial charge in [0.1, 0.15) is 5.75 Å². The Morgan fingerprint density at radius 1 is 0.919 bits per heavy atom. The van der Waals surface area contributed by atoms with Gasteiger partial charge in [-0.2, -0.15) is 0 Å². The van der Waals surface area contributed by atoms with Gasteiger partial charge in [-0.25, -0.2) is 8.42 Å². The molecule has 5 aromatic rings. The van der Waals surface area contributed by atoms with Gasteiger partial charge in [0.2, 0.25) is 0 Å². The molecule has 0 radical (unpaired) electrons. The molecule has 0 aliphatic heterocycles. The van der Waals surface area contributed by atoms with Crippen LogP contribution in [0.4, 0.5) is 11.4 Å². The zero-order chi connectivity index (χ0) is 26.2. The Morgan fingerprint density at radius 2 is 1.65 bits per heavy atom. The second kappa shape index (κ2) is 9.80. The number of rotatable bonds is 7. The third kappa shape index (κ3) is 4.73. The van der Waals surface area contributed by atoms with Crippen LogP contribution in [0.3, 0.4) is 0 Å². The number of hydrogen-bond donors (Lipinski definition) is 2. The number of halogens is 1. The van der Waals surface area contributed by atoms with Gasteiger partial charge in [0.15, 0.2) is 0 Å². The fraction of sp³-hybridized carbons (Fsp3) is 0.107. The molecule has 0 saturated heterocycles. The van der Waals surface area contributed by atoms with Gasteiger partial charge in [-0.05, 0) is 73.7 Å². The molecule has 0 aliphatic rings. The van der Waals surface area contributed by atoms with Crippen molar-refractivity contribution >= 4 is 60.7 Å². The summed E-state index contributed by atoms with van der Waals surface area (Å²) in [6, 6.07) is 24.2. The molecule has 4 aromatic carbocycles. The van der Waals surface area contributed by atoms with Gasteiger partial charge in [0, 0.05) is 44.6 Å². The number of para-hydroxylation sites is 1. The summed E-state index contributed by atoms with van der Waals surface area (Å²) < 4.78 is 36.8. The van der Waals surface area contributed by atoms with Crippen LogP contribution in [0.1, 0.15) is 17.3 Å². The first-order valence-electron chi connectivity index (χ1n) is 11.6. The van der Waals surface area contributed by atoms with Crippen molar-refractivity contribution in [2.45, 2.75) is 18.4 Å². The molecule has 0 bridgehead atoms. The van der Waals surface area contributed by atoms with Crippen LogP contribution in [0.5, 0.6) is 5.75 Å². The first-order chi connectivity index (χ1) is 17.8. The summed E-state index contributed by atoms with van der Waals surface area (Å²) in [5, 5.41) is 5.24. The number of hydrogen-bond acceptors (Lipinski definition) is 4. The number of ether oxygens (including phenoxy) is 1. The fourth-order valence-corrected chi connectivity index (χ4v) is 5.62. The number of aryl methyl sites for hydroxylation is 1. The van der Waals surface area contributed by atoms with Crippen LogP contribution in [0, 0.1) is 0 Å². The number of methoxy groups -OCH3 is 1. The Bertz CT molecular complexity index is 1750. The Labute approximate surface area is 219 Å². The van der Waals surface area contributed by atoms with E-state index in [0.717, 1.165) is 28.4 Å². The lowest BCUT2D eigenvalue weighted by Crippen LogP contribution is -2.15. The molecule has 188 valence electrons. The zero-order valence-corrected chi connectivity index (χ0v) is 21.7. The highest BCUT2D eigenvalue weighted by Gasteiger charge is 2.19. The lowest BCUT2D eigenvalue weighted by molar-refractivity contribution is 0.102. The van der Waals surface area contributed by atoms with E-state index >= 15 is 0 Å². The number of benzene rings is 4. The minimum atomic E-state index is -3.97. The molecule has 0 unspecified atom stereocenters. The van der Waals surface area contributed by atoms with Crippen LogP contribution in [0.15, 0.2) is 89.8 Å². The Hall–Kier alpha value is -4.01. The fourth-order valence-electron chi connectivity index (χ4n) is 4.42. The Balaban J connectivity index is 1.47. The van der Waals surface area contributed by atoms with Crippen LogP contribution in [-0.2, 0) is 16.6 Å². The Morgan fingerprint density at radius 3 is 2.38 bits per heavy atom. The van der Waals surface area contributed by atoms with E-state index < -0.39 is 15.9 Å². The number of sulfonamides is 1. The van der Waals surface area contributed by atoms with Gasteiger partial charge in [0.05, 0.1) is 17.7 Å². The maximum atomic E-state index is 13.3. The van der Waals surface area contributed by atoms with E-state index in [4.69, 9.17) is 16.3 Å². The van der Waals surface area contributed by atoms with Gasteiger partial charge < -0.3 is 14.6 Å². The van der Waals surface area contributed by atoms with E-state index in [1.54, 1.807) is 30.3 Å². The summed E-state index contributed by atoms with van der Waals surface area (Å²) in [7, 11) is -2.52. The molecular weight excluding hydrogens is 510 g/mol. The predicted octanol–water partition coefficient (Wildman–Crippen LogP) is 6.53. The second-order valence-corrected chi connectivity index (χ2v) is 10.5. The van der Waals surface area contributed by atoms with Gasteiger partial charge in [0.25, 0.3) is 15.9 Å². The van der Waals surface area contributed by atoms with Crippen LogP contribution in [0.25, 0.3) is 21.8 Å². The van der Waals surface area contributed by atoms with Gasteiger partial charge in [-0.15, -0.1) is 0 Å². The molecule has 37 heavy (non-hydrogen) atoms. The molecule has 1 aromatic heterocycles. The number of nitrogens with zero attached hydrogens (tertiary/aromatic N) is 1. The first-order valence-corrected chi connectivity index (χ1v) is 13.5. The average molecular weight is 534 g/mol. The quantitative estimate of drug-likeness (QED) is 0.249. The van der Waals surface area contributed by atoms with Crippen LogP contribution >= 0.6 is 11.6 Å². The van der Waals surface area contributed by atoms with Crippen LogP contribution in [0.2, 0.25) is 5.02 Å². The number of aromatic nitrogens is 1. The number of nitrogens with one attached hydrogen (secondary N) is 2. The summed E-state index contributed by atoms with van der Waals surface area (Å²) in [6.07, 6.45) is 0. The predicted molar refractivity (Wildman–Crippen MR) is 148 cm³/mol. The lowest BCUT2D eigenvalue weighted by atomic mass is 10.1. The van der Waals surface area contributed by atoms with Crippen molar-refractivity contribution in [3.05, 3.63) is 95.5 Å². The molecule has 9 heteroatoms. The molecule has 0 atom stereocenters. The summed E-state index contributed by atoms with van der Waals surface area (Å²) in [4.78, 5) is 12.7. The number of carbonyl (C=O) groups excluding carboxylic acids is 1. The lowest BCUT2D eigenvalue weighted by Gasteiger charge is -2.14. The topological polar surface area (TPSA) is 89.4 Å². The normalized spacial score (nSPS) is 11.5. The molecule has 0 saturated carbocycles. The van der Waals surface area contributed by atoms with Gasteiger partial charge in [-0.1, -0.05) is 29.8 Å². The van der Waals surface area contributed by atoms with Crippen molar-refractivity contribution in [3.8, 4) is 5.75 Å². The van der Waals surface area contributed by atoms with E-state index in [1.807, 2.05) is 30.3 Å². The number of carbonyl (C=O) groups is 1. The second-order valence-electron chi connectivity index (χ2n) is 8.42. The smallest absolute Gasteiger partial charge is 0.261 e. The summed E-state index contributed by atoms with van der Waals surface area (Å²) in [5.74, 6) is -0.0923. The summed E-state index contributed by atoms with van der Waals surface area (Å²) in [5.41, 5.74) is 3.16. The molecule has 1 amide bonds. The molecule has 1 heterocycles. The molecule has 0 spiro atoms. The third-order valence-electron chi connectivity index (χ3n) is 6.18. The third-order valence-corrected chi connectivity index (χ3v) is 7.81. The molecule has 0 aliphatic carbocycles. The summed E-state index contributed by atoms with van der Waals surface area (Å²) >= 11 is 5.90. The number of anilines is 2. The average Bonchev–Trinajstić information content (AvgIpc) is 3.21. The van der Waals surface area contributed by atoms with E-state index in [1.165, 1.54) is 25.3 Å². The standard InChI is InChI=1S/C28H24ClN3O4S/c1-3-32-25-7-5-4-6-22(25)23-16-20(12-14-26(23)32)31-37(34,35)21-13-15-27(36-2)24(17-21)30-28(33)18-8-10-19(29)11-9-18/h4-17,31H,3H2,1-2H3,(H,30,33). The maximum Gasteiger partial charge on any atom is 0.261 e. The monoisotopic (exact) mass is 533 g/mol. The highest BCUT2D eigenvalue weighted by molar-refractivity contribution is 7.92. The summed E-state index contributed by atoms with van der Waals surface area (Å²) in [6.45, 7) is 2.88. The van der Waals surface area contributed by atoms with Crippen molar-refractivity contribution in [1.29, 1.82) is 0 Å². The molecule has 0 fully saturated rings. The van der Waals surface area contributed by atoms with Crippen molar-refractivity contribution in [2.75, 3.05) is 17.1 Å². The van der Waals surface area contributed by atoms with Gasteiger partial charge >= 0.3 is 0 Å². The van der Waals surface area contributed by atoms with Crippen LogP contribution < -0.4 is 14.8 Å².